The molecule has 0 rings (SSSR count). The van der Waals surface area contributed by atoms with E-state index in [1.54, 1.807) is 26.8 Å². The molecule has 0 aliphatic heterocycles. The van der Waals surface area contributed by atoms with Gasteiger partial charge in [0.05, 0.1) is 5.54 Å². The predicted molar refractivity (Wildman–Crippen MR) is 42.0 cm³/mol. The van der Waals surface area contributed by atoms with Crippen LogP contribution in [0.15, 0.2) is 4.99 Å². The van der Waals surface area contributed by atoms with Crippen LogP contribution in [-0.2, 0) is 4.79 Å². The highest BCUT2D eigenvalue weighted by Gasteiger charge is 2.12. The number of rotatable bonds is 1. The minimum atomic E-state index is -0.776. The van der Waals surface area contributed by atoms with Crippen LogP contribution >= 0.6 is 0 Å². The second kappa shape index (κ2) is 3.15. The molecule has 4 nitrogen and oxygen atoms in total. The Kier molecular flexibility index (Phi) is 2.76. The number of hydrogen-bond donors (Lipinski definition) is 1. The van der Waals surface area contributed by atoms with E-state index >= 15 is 0 Å². The van der Waals surface area contributed by atoms with Crippen LogP contribution in [0, 0.1) is 11.3 Å². The van der Waals surface area contributed by atoms with Gasteiger partial charge in [0.2, 0.25) is 5.71 Å². The first-order chi connectivity index (χ1) is 4.87. The zero-order chi connectivity index (χ0) is 9.07. The number of nitrogens with two attached hydrogens (primary N) is 1. The molecule has 0 radical (unpaired) electrons. The maximum absolute atomic E-state index is 10.5. The minimum absolute atomic E-state index is 0.225. The number of hydrogen-bond acceptors (Lipinski definition) is 3. The minimum Gasteiger partial charge on any atom is -0.364 e. The average molecular weight is 153 g/mol. The topological polar surface area (TPSA) is 79.2 Å². The summed E-state index contributed by atoms with van der Waals surface area (Å²) in [7, 11) is 0. The first-order valence-corrected chi connectivity index (χ1v) is 3.16. The lowest BCUT2D eigenvalue weighted by atomic mass is 10.1. The Morgan fingerprint density at radius 2 is 2.00 bits per heavy atom. The van der Waals surface area contributed by atoms with Crippen molar-refractivity contribution in [3.8, 4) is 6.07 Å². The van der Waals surface area contributed by atoms with Crippen LogP contribution < -0.4 is 5.73 Å². The highest BCUT2D eigenvalue weighted by atomic mass is 16.1. The van der Waals surface area contributed by atoms with Crippen molar-refractivity contribution in [3.05, 3.63) is 0 Å². The molecule has 1 amide bonds. The SMILES string of the molecule is CC(C)(C)N=C(C#N)C(N)=O. The summed E-state index contributed by atoms with van der Waals surface area (Å²) in [5, 5.41) is 8.38. The molecule has 0 heterocycles. The molecule has 0 bridgehead atoms. The molecule has 0 aliphatic rings. The molecule has 0 saturated heterocycles. The van der Waals surface area contributed by atoms with Crippen LogP contribution in [0.1, 0.15) is 20.8 Å². The van der Waals surface area contributed by atoms with Gasteiger partial charge in [-0.05, 0) is 20.8 Å². The largest absolute Gasteiger partial charge is 0.364 e. The third kappa shape index (κ3) is 4.09. The van der Waals surface area contributed by atoms with Crippen molar-refractivity contribution in [2.75, 3.05) is 0 Å². The molecular formula is C7H11N3O. The fraction of sp³-hybridized carbons (Fsp3) is 0.571. The maximum Gasteiger partial charge on any atom is 0.277 e. The molecular weight excluding hydrogens is 142 g/mol. The summed E-state index contributed by atoms with van der Waals surface area (Å²) in [5.74, 6) is -0.776. The Bertz CT molecular complexity index is 229. The third-order valence-corrected chi connectivity index (χ3v) is 0.787. The lowest BCUT2D eigenvalue weighted by molar-refractivity contribution is -0.111. The van der Waals surface area contributed by atoms with Gasteiger partial charge in [-0.25, -0.2) is 0 Å². The van der Waals surface area contributed by atoms with Gasteiger partial charge in [0, 0.05) is 0 Å². The quantitative estimate of drug-likeness (QED) is 0.547. The van der Waals surface area contributed by atoms with Crippen molar-refractivity contribution in [3.63, 3.8) is 0 Å². The molecule has 11 heavy (non-hydrogen) atoms. The van der Waals surface area contributed by atoms with E-state index in [1.807, 2.05) is 0 Å². The first-order valence-electron chi connectivity index (χ1n) is 3.16. The standard InChI is InChI=1S/C7H11N3O/c1-7(2,3)10-5(4-8)6(9)11/h1-3H3,(H2,9,11). The van der Waals surface area contributed by atoms with Crippen LogP contribution in [-0.4, -0.2) is 17.2 Å². The number of carbonyl (C=O) groups excluding carboxylic acids is 1. The summed E-state index contributed by atoms with van der Waals surface area (Å²) in [4.78, 5) is 14.3. The van der Waals surface area contributed by atoms with Crippen molar-refractivity contribution in [2.24, 2.45) is 10.7 Å². The van der Waals surface area contributed by atoms with Crippen LogP contribution in [0.2, 0.25) is 0 Å². The molecule has 0 fully saturated rings. The van der Waals surface area contributed by atoms with Gasteiger partial charge in [0.15, 0.2) is 0 Å². The lowest BCUT2D eigenvalue weighted by Gasteiger charge is -2.10. The molecule has 0 spiro atoms. The van der Waals surface area contributed by atoms with Gasteiger partial charge in [-0.1, -0.05) is 0 Å². The Balaban J connectivity index is 4.68. The molecule has 0 aromatic rings. The third-order valence-electron chi connectivity index (χ3n) is 0.787. The van der Waals surface area contributed by atoms with Crippen molar-refractivity contribution in [2.45, 2.75) is 26.3 Å². The van der Waals surface area contributed by atoms with E-state index in [2.05, 4.69) is 4.99 Å². The van der Waals surface area contributed by atoms with Crippen LogP contribution in [0.25, 0.3) is 0 Å². The van der Waals surface area contributed by atoms with Gasteiger partial charge >= 0.3 is 0 Å². The van der Waals surface area contributed by atoms with Crippen LogP contribution in [0.4, 0.5) is 0 Å². The monoisotopic (exact) mass is 153 g/mol. The molecule has 0 saturated carbocycles. The summed E-state index contributed by atoms with van der Waals surface area (Å²) < 4.78 is 0. The molecule has 60 valence electrons. The van der Waals surface area contributed by atoms with Crippen molar-refractivity contribution in [1.29, 1.82) is 5.26 Å². The zero-order valence-electron chi connectivity index (χ0n) is 6.88. The Morgan fingerprint density at radius 1 is 1.55 bits per heavy atom. The number of amides is 1. The highest BCUT2D eigenvalue weighted by Crippen LogP contribution is 2.06. The summed E-state index contributed by atoms with van der Waals surface area (Å²) in [6, 6.07) is 1.63. The van der Waals surface area contributed by atoms with Gasteiger partial charge in [-0.2, -0.15) is 5.26 Å². The van der Waals surface area contributed by atoms with Crippen LogP contribution in [0.5, 0.6) is 0 Å². The molecule has 0 unspecified atom stereocenters. The predicted octanol–water partition coefficient (Wildman–Crippen LogP) is 0.235. The fourth-order valence-electron chi connectivity index (χ4n) is 0.471. The number of carbonyl (C=O) groups is 1. The first kappa shape index (κ1) is 9.63. The summed E-state index contributed by atoms with van der Waals surface area (Å²) in [6.07, 6.45) is 0. The molecule has 2 N–H and O–H groups in total. The van der Waals surface area contributed by atoms with E-state index in [4.69, 9.17) is 11.0 Å². The number of aliphatic imine (C=N–C) groups is 1. The summed E-state index contributed by atoms with van der Waals surface area (Å²) in [6.45, 7) is 5.36. The molecule has 0 aliphatic carbocycles. The number of primary amides is 1. The van der Waals surface area contributed by atoms with Gasteiger partial charge in [-0.3, -0.25) is 9.79 Å². The summed E-state index contributed by atoms with van der Waals surface area (Å²) >= 11 is 0. The van der Waals surface area contributed by atoms with Crippen molar-refractivity contribution in [1.82, 2.24) is 0 Å². The molecule has 0 aromatic carbocycles. The summed E-state index contributed by atoms with van der Waals surface area (Å²) in [5.41, 5.74) is 4.21. The van der Waals surface area contributed by atoms with E-state index in [0.717, 1.165) is 0 Å². The molecule has 0 aromatic heterocycles. The van der Waals surface area contributed by atoms with Gasteiger partial charge < -0.3 is 5.73 Å². The number of nitrogens with zero attached hydrogens (tertiary/aromatic N) is 2. The van der Waals surface area contributed by atoms with E-state index in [9.17, 15) is 4.79 Å². The van der Waals surface area contributed by atoms with E-state index in [-0.39, 0.29) is 5.71 Å². The number of nitriles is 1. The van der Waals surface area contributed by atoms with Gasteiger partial charge in [-0.15, -0.1) is 0 Å². The second-order valence-corrected chi connectivity index (χ2v) is 3.11. The second-order valence-electron chi connectivity index (χ2n) is 3.11. The normalized spacial score (nSPS) is 12.4. The molecule has 4 heteroatoms. The van der Waals surface area contributed by atoms with Gasteiger partial charge in [0.1, 0.15) is 6.07 Å². The van der Waals surface area contributed by atoms with Gasteiger partial charge in [0.25, 0.3) is 5.91 Å². The fourth-order valence-corrected chi connectivity index (χ4v) is 0.471. The van der Waals surface area contributed by atoms with E-state index in [1.165, 1.54) is 0 Å². The smallest absolute Gasteiger partial charge is 0.277 e. The molecule has 0 atom stereocenters. The van der Waals surface area contributed by atoms with E-state index in [0.29, 0.717) is 0 Å². The zero-order valence-corrected chi connectivity index (χ0v) is 6.88. The average Bonchev–Trinajstić information content (AvgIpc) is 1.80. The van der Waals surface area contributed by atoms with Crippen molar-refractivity contribution >= 4 is 11.6 Å². The van der Waals surface area contributed by atoms with Crippen LogP contribution in [0.3, 0.4) is 0 Å². The Labute approximate surface area is 65.7 Å². The maximum atomic E-state index is 10.5. The Hall–Kier alpha value is -1.37. The van der Waals surface area contributed by atoms with Crippen molar-refractivity contribution < 1.29 is 4.79 Å². The highest BCUT2D eigenvalue weighted by molar-refractivity contribution is 6.44. The Morgan fingerprint density at radius 3 is 2.09 bits per heavy atom. The lowest BCUT2D eigenvalue weighted by Crippen LogP contribution is -2.25. The van der Waals surface area contributed by atoms with E-state index < -0.39 is 11.4 Å².